The molecule has 0 saturated heterocycles. The molecule has 3 rings (SSSR count). The fourth-order valence-corrected chi connectivity index (χ4v) is 3.23. The summed E-state index contributed by atoms with van der Waals surface area (Å²) < 4.78 is 13.2. The predicted octanol–water partition coefficient (Wildman–Crippen LogP) is 4.74. The van der Waals surface area contributed by atoms with Crippen molar-refractivity contribution in [2.24, 2.45) is 0 Å². The first-order chi connectivity index (χ1) is 14.0. The highest BCUT2D eigenvalue weighted by atomic mass is 16.5. The van der Waals surface area contributed by atoms with E-state index in [1.165, 1.54) is 5.56 Å². The first-order valence-corrected chi connectivity index (χ1v) is 9.75. The standard InChI is InChI=1S/C24H29N3O2/c1-17(2)16-29-24-13-20(11-12-23(24)28-5)14-25-15-22-18(3)26-27(19(22)4)21-9-7-6-8-10-21/h6-13,25H,1,14-16H2,2-5H3. The van der Waals surface area contributed by atoms with Crippen LogP contribution in [0.15, 0.2) is 60.7 Å². The summed E-state index contributed by atoms with van der Waals surface area (Å²) in [6.07, 6.45) is 0. The van der Waals surface area contributed by atoms with Crippen LogP contribution >= 0.6 is 0 Å². The van der Waals surface area contributed by atoms with Gasteiger partial charge in [0.1, 0.15) is 6.61 Å². The first-order valence-electron chi connectivity index (χ1n) is 9.75. The fraction of sp³-hybridized carbons (Fsp3) is 0.292. The number of hydrogen-bond donors (Lipinski definition) is 1. The minimum atomic E-state index is 0.476. The van der Waals surface area contributed by atoms with Gasteiger partial charge in [-0.25, -0.2) is 4.68 Å². The average Bonchev–Trinajstić information content (AvgIpc) is 3.01. The lowest BCUT2D eigenvalue weighted by Gasteiger charge is -2.13. The van der Waals surface area contributed by atoms with Crippen LogP contribution in [0.3, 0.4) is 0 Å². The molecule has 0 amide bonds. The van der Waals surface area contributed by atoms with Crippen LogP contribution in [0, 0.1) is 13.8 Å². The Bertz CT molecular complexity index is 977. The molecule has 1 aromatic heterocycles. The maximum Gasteiger partial charge on any atom is 0.161 e. The molecule has 1 heterocycles. The second kappa shape index (κ2) is 9.43. The maximum absolute atomic E-state index is 5.82. The lowest BCUT2D eigenvalue weighted by atomic mass is 10.1. The van der Waals surface area contributed by atoms with E-state index >= 15 is 0 Å². The number of benzene rings is 2. The van der Waals surface area contributed by atoms with Crippen LogP contribution in [0.25, 0.3) is 5.69 Å². The molecule has 0 fully saturated rings. The Labute approximate surface area is 173 Å². The van der Waals surface area contributed by atoms with Gasteiger partial charge in [0.25, 0.3) is 0 Å². The zero-order valence-electron chi connectivity index (χ0n) is 17.7. The number of ether oxygens (including phenoxy) is 2. The molecule has 1 N–H and O–H groups in total. The van der Waals surface area contributed by atoms with Crippen LogP contribution in [0.2, 0.25) is 0 Å². The van der Waals surface area contributed by atoms with Crippen LogP contribution in [0.4, 0.5) is 0 Å². The summed E-state index contributed by atoms with van der Waals surface area (Å²) in [6.45, 7) is 11.9. The largest absolute Gasteiger partial charge is 0.493 e. The second-order valence-corrected chi connectivity index (χ2v) is 7.23. The number of rotatable bonds is 9. The van der Waals surface area contributed by atoms with Crippen molar-refractivity contribution in [1.82, 2.24) is 15.1 Å². The van der Waals surface area contributed by atoms with E-state index in [1.807, 2.05) is 48.0 Å². The number of para-hydroxylation sites is 1. The van der Waals surface area contributed by atoms with E-state index in [-0.39, 0.29) is 0 Å². The molecule has 0 unspecified atom stereocenters. The molecule has 0 aliphatic heterocycles. The normalized spacial score (nSPS) is 10.8. The molecule has 0 aliphatic carbocycles. The number of nitrogens with zero attached hydrogens (tertiary/aromatic N) is 2. The molecular weight excluding hydrogens is 362 g/mol. The van der Waals surface area contributed by atoms with Crippen molar-refractivity contribution in [2.75, 3.05) is 13.7 Å². The Morgan fingerprint density at radius 1 is 1.07 bits per heavy atom. The van der Waals surface area contributed by atoms with E-state index in [0.717, 1.165) is 52.8 Å². The van der Waals surface area contributed by atoms with Gasteiger partial charge in [-0.15, -0.1) is 0 Å². The van der Waals surface area contributed by atoms with Gasteiger partial charge in [-0.1, -0.05) is 30.8 Å². The molecule has 29 heavy (non-hydrogen) atoms. The zero-order valence-corrected chi connectivity index (χ0v) is 17.7. The lowest BCUT2D eigenvalue weighted by molar-refractivity contribution is 0.319. The van der Waals surface area contributed by atoms with Gasteiger partial charge in [-0.05, 0) is 56.2 Å². The van der Waals surface area contributed by atoms with E-state index in [2.05, 4.69) is 37.9 Å². The van der Waals surface area contributed by atoms with Gasteiger partial charge >= 0.3 is 0 Å². The quantitative estimate of drug-likeness (QED) is 0.535. The molecule has 0 atom stereocenters. The van der Waals surface area contributed by atoms with Gasteiger partial charge in [-0.2, -0.15) is 5.10 Å². The van der Waals surface area contributed by atoms with Crippen molar-refractivity contribution in [1.29, 1.82) is 0 Å². The van der Waals surface area contributed by atoms with Gasteiger partial charge in [0.2, 0.25) is 0 Å². The highest BCUT2D eigenvalue weighted by Crippen LogP contribution is 2.28. The van der Waals surface area contributed by atoms with E-state index in [9.17, 15) is 0 Å². The number of aromatic nitrogens is 2. The summed E-state index contributed by atoms with van der Waals surface area (Å²) in [5, 5.41) is 8.24. The van der Waals surface area contributed by atoms with Crippen molar-refractivity contribution in [2.45, 2.75) is 33.9 Å². The smallest absolute Gasteiger partial charge is 0.161 e. The third-order valence-electron chi connectivity index (χ3n) is 4.77. The maximum atomic E-state index is 5.82. The van der Waals surface area contributed by atoms with Crippen molar-refractivity contribution >= 4 is 0 Å². The van der Waals surface area contributed by atoms with Crippen LogP contribution in [-0.2, 0) is 13.1 Å². The Kier molecular flexibility index (Phi) is 6.73. The topological polar surface area (TPSA) is 48.3 Å². The van der Waals surface area contributed by atoms with Crippen LogP contribution < -0.4 is 14.8 Å². The molecule has 3 aromatic rings. The van der Waals surface area contributed by atoms with Crippen LogP contribution in [0.1, 0.15) is 29.4 Å². The zero-order chi connectivity index (χ0) is 20.8. The summed E-state index contributed by atoms with van der Waals surface area (Å²) in [5.74, 6) is 1.46. The molecule has 5 heteroatoms. The van der Waals surface area contributed by atoms with Gasteiger partial charge in [0.05, 0.1) is 18.5 Å². The molecule has 0 saturated carbocycles. The van der Waals surface area contributed by atoms with E-state index in [0.29, 0.717) is 6.61 Å². The number of hydrogen-bond acceptors (Lipinski definition) is 4. The number of methoxy groups -OCH3 is 1. The third-order valence-corrected chi connectivity index (χ3v) is 4.77. The molecule has 152 valence electrons. The third kappa shape index (κ3) is 5.06. The minimum absolute atomic E-state index is 0.476. The van der Waals surface area contributed by atoms with E-state index in [1.54, 1.807) is 7.11 Å². The highest BCUT2D eigenvalue weighted by Gasteiger charge is 2.12. The van der Waals surface area contributed by atoms with Gasteiger partial charge in [-0.3, -0.25) is 0 Å². The van der Waals surface area contributed by atoms with Crippen molar-refractivity contribution < 1.29 is 9.47 Å². The second-order valence-electron chi connectivity index (χ2n) is 7.23. The van der Waals surface area contributed by atoms with E-state index in [4.69, 9.17) is 14.6 Å². The predicted molar refractivity (Wildman–Crippen MR) is 117 cm³/mol. The highest BCUT2D eigenvalue weighted by molar-refractivity contribution is 5.43. The summed E-state index contributed by atoms with van der Waals surface area (Å²) in [7, 11) is 1.65. The summed E-state index contributed by atoms with van der Waals surface area (Å²) in [5.41, 5.74) is 6.60. The summed E-state index contributed by atoms with van der Waals surface area (Å²) >= 11 is 0. The average molecular weight is 392 g/mol. The molecule has 5 nitrogen and oxygen atoms in total. The minimum Gasteiger partial charge on any atom is -0.493 e. The summed E-state index contributed by atoms with van der Waals surface area (Å²) in [4.78, 5) is 0. The van der Waals surface area contributed by atoms with Gasteiger partial charge in [0.15, 0.2) is 11.5 Å². The van der Waals surface area contributed by atoms with Crippen molar-refractivity contribution in [3.05, 3.63) is 83.2 Å². The molecule has 0 bridgehead atoms. The summed E-state index contributed by atoms with van der Waals surface area (Å²) in [6, 6.07) is 16.2. The Hall–Kier alpha value is -3.05. The Morgan fingerprint density at radius 3 is 2.52 bits per heavy atom. The van der Waals surface area contributed by atoms with Crippen molar-refractivity contribution in [3.8, 4) is 17.2 Å². The molecule has 0 aliphatic rings. The lowest BCUT2D eigenvalue weighted by Crippen LogP contribution is -2.14. The van der Waals surface area contributed by atoms with Crippen molar-refractivity contribution in [3.63, 3.8) is 0 Å². The fourth-order valence-electron chi connectivity index (χ4n) is 3.23. The first kappa shape index (κ1) is 20.7. The monoisotopic (exact) mass is 391 g/mol. The van der Waals surface area contributed by atoms with E-state index < -0.39 is 0 Å². The number of nitrogens with one attached hydrogen (secondary N) is 1. The van der Waals surface area contributed by atoms with Gasteiger partial charge in [0, 0.05) is 24.3 Å². The van der Waals surface area contributed by atoms with Crippen LogP contribution in [-0.4, -0.2) is 23.5 Å². The Balaban J connectivity index is 1.68. The van der Waals surface area contributed by atoms with Crippen LogP contribution in [0.5, 0.6) is 11.5 Å². The molecular formula is C24H29N3O2. The molecule has 2 aromatic carbocycles. The Morgan fingerprint density at radius 2 is 1.83 bits per heavy atom. The molecule has 0 radical (unpaired) electrons. The number of aryl methyl sites for hydroxylation is 1. The van der Waals surface area contributed by atoms with Gasteiger partial charge < -0.3 is 14.8 Å². The molecule has 0 spiro atoms. The SMILES string of the molecule is C=C(C)COc1cc(CNCc2c(C)nn(-c3ccccc3)c2C)ccc1OC.